The topological polar surface area (TPSA) is 69.8 Å². The van der Waals surface area contributed by atoms with Crippen molar-refractivity contribution in [1.82, 2.24) is 19.1 Å². The van der Waals surface area contributed by atoms with Crippen molar-refractivity contribution in [2.24, 2.45) is 7.05 Å². The van der Waals surface area contributed by atoms with Crippen LogP contribution in [0.3, 0.4) is 0 Å². The summed E-state index contributed by atoms with van der Waals surface area (Å²) >= 11 is 6.39. The highest BCUT2D eigenvalue weighted by molar-refractivity contribution is 6.32. The molecule has 2 heterocycles. The second kappa shape index (κ2) is 7.14. The van der Waals surface area contributed by atoms with E-state index in [2.05, 4.69) is 21.8 Å². The van der Waals surface area contributed by atoms with Gasteiger partial charge in [-0.25, -0.2) is 19.3 Å². The van der Waals surface area contributed by atoms with Gasteiger partial charge in [-0.1, -0.05) is 41.6 Å². The van der Waals surface area contributed by atoms with Crippen molar-refractivity contribution in [3.8, 4) is 17.5 Å². The maximum absolute atomic E-state index is 12.8. The van der Waals surface area contributed by atoms with Crippen molar-refractivity contribution in [2.75, 3.05) is 0 Å². The van der Waals surface area contributed by atoms with E-state index in [0.29, 0.717) is 5.56 Å². The molecule has 2 aromatic carbocycles. The summed E-state index contributed by atoms with van der Waals surface area (Å²) in [5.74, 6) is 6.07. The van der Waals surface area contributed by atoms with E-state index in [-0.39, 0.29) is 21.7 Å². The molecule has 0 atom stereocenters. The molecule has 0 aliphatic carbocycles. The maximum atomic E-state index is 12.8. The first-order chi connectivity index (χ1) is 13.6. The summed E-state index contributed by atoms with van der Waals surface area (Å²) in [6.07, 6.45) is 2.67. The number of benzene rings is 2. The van der Waals surface area contributed by atoms with Gasteiger partial charge in [0.1, 0.15) is 11.7 Å². The molecule has 4 rings (SSSR count). The fourth-order valence-corrected chi connectivity index (χ4v) is 3.10. The number of halogens is 1. The average Bonchev–Trinajstić information content (AvgIpc) is 2.73. The van der Waals surface area contributed by atoms with Gasteiger partial charge in [-0.2, -0.15) is 0 Å². The fraction of sp³-hybridized carbons (Fsp3) is 0.0476. The van der Waals surface area contributed by atoms with Gasteiger partial charge in [0.25, 0.3) is 5.56 Å². The van der Waals surface area contributed by atoms with Crippen LogP contribution in [0.5, 0.6) is 0 Å². The zero-order chi connectivity index (χ0) is 19.7. The van der Waals surface area contributed by atoms with E-state index in [1.165, 1.54) is 17.1 Å². The van der Waals surface area contributed by atoms with Crippen LogP contribution in [-0.4, -0.2) is 19.1 Å². The lowest BCUT2D eigenvalue weighted by Crippen LogP contribution is -2.38. The zero-order valence-electron chi connectivity index (χ0n) is 14.8. The summed E-state index contributed by atoms with van der Waals surface area (Å²) in [5, 5.41) is 0.476. The van der Waals surface area contributed by atoms with E-state index >= 15 is 0 Å². The Morgan fingerprint density at radius 1 is 1.00 bits per heavy atom. The van der Waals surface area contributed by atoms with Gasteiger partial charge in [0.05, 0.1) is 10.7 Å². The first kappa shape index (κ1) is 17.7. The van der Waals surface area contributed by atoms with Crippen molar-refractivity contribution in [3.05, 3.63) is 98.0 Å². The van der Waals surface area contributed by atoms with Gasteiger partial charge >= 0.3 is 5.69 Å². The highest BCUT2D eigenvalue weighted by Crippen LogP contribution is 2.20. The summed E-state index contributed by atoms with van der Waals surface area (Å²) < 4.78 is 2.31. The Bertz CT molecular complexity index is 1380. The summed E-state index contributed by atoms with van der Waals surface area (Å²) in [4.78, 5) is 33.5. The predicted octanol–water partition coefficient (Wildman–Crippen LogP) is 2.53. The van der Waals surface area contributed by atoms with Crippen LogP contribution in [-0.2, 0) is 7.05 Å². The van der Waals surface area contributed by atoms with Crippen molar-refractivity contribution in [2.45, 2.75) is 0 Å². The van der Waals surface area contributed by atoms with Crippen LogP contribution < -0.4 is 11.2 Å². The molecule has 28 heavy (non-hydrogen) atoms. The van der Waals surface area contributed by atoms with Crippen LogP contribution in [0.2, 0.25) is 5.02 Å². The van der Waals surface area contributed by atoms with Gasteiger partial charge in [-0.05, 0) is 30.3 Å². The number of aromatic nitrogens is 4. The molecule has 0 radical (unpaired) electrons. The number of nitrogens with zero attached hydrogens (tertiary/aromatic N) is 4. The minimum absolute atomic E-state index is 0.230. The molecule has 2 aromatic heterocycles. The first-order valence-corrected chi connectivity index (χ1v) is 8.73. The first-order valence-electron chi connectivity index (χ1n) is 8.35. The third kappa shape index (κ3) is 3.08. The fourth-order valence-electron chi connectivity index (χ4n) is 2.83. The smallest absolute Gasteiger partial charge is 0.280 e. The van der Waals surface area contributed by atoms with Gasteiger partial charge in [-0.15, -0.1) is 0 Å². The molecule has 6 nitrogen and oxygen atoms in total. The Balaban J connectivity index is 1.85. The SMILES string of the molecule is Cn1c(=O)n(-c2ccc(C#Cc3ccccc3)cc2Cl)c(=O)c2cncnc21. The van der Waals surface area contributed by atoms with Gasteiger partial charge < -0.3 is 0 Å². The van der Waals surface area contributed by atoms with Crippen LogP contribution in [0.1, 0.15) is 11.1 Å². The predicted molar refractivity (Wildman–Crippen MR) is 108 cm³/mol. The molecule has 4 aromatic rings. The van der Waals surface area contributed by atoms with E-state index in [0.717, 1.165) is 10.1 Å². The van der Waals surface area contributed by atoms with E-state index < -0.39 is 11.2 Å². The van der Waals surface area contributed by atoms with E-state index in [1.54, 1.807) is 25.2 Å². The molecule has 0 fully saturated rings. The van der Waals surface area contributed by atoms with Crippen LogP contribution in [0.4, 0.5) is 0 Å². The molecule has 0 saturated carbocycles. The molecule has 0 spiro atoms. The Labute approximate surface area is 164 Å². The molecule has 0 aliphatic heterocycles. The van der Waals surface area contributed by atoms with Gasteiger partial charge in [0.15, 0.2) is 5.65 Å². The van der Waals surface area contributed by atoms with Gasteiger partial charge in [-0.3, -0.25) is 9.36 Å². The quantitative estimate of drug-likeness (QED) is 0.470. The van der Waals surface area contributed by atoms with Crippen LogP contribution in [0, 0.1) is 11.8 Å². The van der Waals surface area contributed by atoms with Crippen LogP contribution >= 0.6 is 11.6 Å². The Morgan fingerprint density at radius 2 is 1.75 bits per heavy atom. The highest BCUT2D eigenvalue weighted by atomic mass is 35.5. The molecule has 0 N–H and O–H groups in total. The molecule has 7 heteroatoms. The number of rotatable bonds is 1. The third-order valence-electron chi connectivity index (χ3n) is 4.23. The standard InChI is InChI=1S/C21H13ClN4O2/c1-25-19-16(12-23-13-24-19)20(27)26(21(25)28)18-10-9-15(11-17(18)22)8-7-14-5-3-2-4-6-14/h2-6,9-13H,1H3. The van der Waals surface area contributed by atoms with Crippen molar-refractivity contribution in [3.63, 3.8) is 0 Å². The lowest BCUT2D eigenvalue weighted by atomic mass is 10.1. The van der Waals surface area contributed by atoms with Crippen molar-refractivity contribution in [1.29, 1.82) is 0 Å². The van der Waals surface area contributed by atoms with E-state index in [9.17, 15) is 9.59 Å². The second-order valence-electron chi connectivity index (χ2n) is 6.02. The van der Waals surface area contributed by atoms with E-state index in [4.69, 9.17) is 11.6 Å². The lowest BCUT2D eigenvalue weighted by molar-refractivity contribution is 0.762. The number of aryl methyl sites for hydroxylation is 1. The summed E-state index contributed by atoms with van der Waals surface area (Å²) in [6, 6.07) is 14.5. The Morgan fingerprint density at radius 3 is 2.50 bits per heavy atom. The highest BCUT2D eigenvalue weighted by Gasteiger charge is 2.15. The van der Waals surface area contributed by atoms with E-state index in [1.807, 2.05) is 30.3 Å². The molecule has 0 bridgehead atoms. The largest absolute Gasteiger partial charge is 0.337 e. The molecule has 0 saturated heterocycles. The molecule has 0 aliphatic rings. The minimum Gasteiger partial charge on any atom is -0.280 e. The monoisotopic (exact) mass is 388 g/mol. The zero-order valence-corrected chi connectivity index (χ0v) is 15.5. The molecular weight excluding hydrogens is 376 g/mol. The number of hydrogen-bond acceptors (Lipinski definition) is 4. The summed E-state index contributed by atoms with van der Waals surface area (Å²) in [7, 11) is 1.54. The Kier molecular flexibility index (Phi) is 4.52. The molecular formula is C21H13ClN4O2. The third-order valence-corrected chi connectivity index (χ3v) is 4.54. The van der Waals surface area contributed by atoms with Crippen molar-refractivity contribution < 1.29 is 0 Å². The minimum atomic E-state index is -0.541. The average molecular weight is 389 g/mol. The number of hydrogen-bond donors (Lipinski definition) is 0. The summed E-state index contributed by atoms with van der Waals surface area (Å²) in [6.45, 7) is 0. The maximum Gasteiger partial charge on any atom is 0.337 e. The molecule has 136 valence electrons. The van der Waals surface area contributed by atoms with Gasteiger partial charge in [0.2, 0.25) is 0 Å². The molecule has 0 amide bonds. The van der Waals surface area contributed by atoms with Crippen LogP contribution in [0.25, 0.3) is 16.7 Å². The second-order valence-corrected chi connectivity index (χ2v) is 6.43. The normalized spacial score (nSPS) is 10.5. The Hall–Kier alpha value is -3.69. The lowest BCUT2D eigenvalue weighted by Gasteiger charge is -2.11. The molecule has 0 unspecified atom stereocenters. The van der Waals surface area contributed by atoms with Crippen molar-refractivity contribution >= 4 is 22.6 Å². The van der Waals surface area contributed by atoms with Gasteiger partial charge in [0, 0.05) is 24.4 Å². The summed E-state index contributed by atoms with van der Waals surface area (Å²) in [5.41, 5.74) is 1.03. The number of fused-ring (bicyclic) bond motifs is 1. The van der Waals surface area contributed by atoms with Crippen LogP contribution in [0.15, 0.2) is 70.6 Å².